The van der Waals surface area contributed by atoms with E-state index in [0.29, 0.717) is 13.2 Å². The van der Waals surface area contributed by atoms with Gasteiger partial charge in [0, 0.05) is 36.5 Å². The minimum Gasteiger partial charge on any atom is -0.388 e. The predicted octanol–water partition coefficient (Wildman–Crippen LogP) is 1.18. The molecule has 0 radical (unpaired) electrons. The summed E-state index contributed by atoms with van der Waals surface area (Å²) in [6.45, 7) is 3.70. The third-order valence-electron chi connectivity index (χ3n) is 3.71. The van der Waals surface area contributed by atoms with Gasteiger partial charge in [-0.25, -0.2) is 0 Å². The molecule has 2 heterocycles. The Morgan fingerprint density at radius 3 is 3.06 bits per heavy atom. The van der Waals surface area contributed by atoms with Gasteiger partial charge in [0.05, 0.1) is 12.7 Å². The van der Waals surface area contributed by atoms with Crippen molar-refractivity contribution in [1.29, 1.82) is 0 Å². The van der Waals surface area contributed by atoms with E-state index in [2.05, 4.69) is 4.98 Å². The highest BCUT2D eigenvalue weighted by Crippen LogP contribution is 2.40. The lowest BCUT2D eigenvalue weighted by Crippen LogP contribution is -2.43. The van der Waals surface area contributed by atoms with E-state index in [1.807, 2.05) is 13.0 Å². The summed E-state index contributed by atoms with van der Waals surface area (Å²) in [6, 6.07) is 1.91. The second-order valence-electron chi connectivity index (χ2n) is 4.86. The molecule has 2 unspecified atom stereocenters. The predicted molar refractivity (Wildman–Crippen MR) is 65.5 cm³/mol. The van der Waals surface area contributed by atoms with Crippen LogP contribution in [0.2, 0.25) is 0 Å². The minimum atomic E-state index is -0.596. The van der Waals surface area contributed by atoms with Gasteiger partial charge in [0.2, 0.25) is 0 Å². The van der Waals surface area contributed by atoms with E-state index in [0.717, 1.165) is 30.6 Å². The summed E-state index contributed by atoms with van der Waals surface area (Å²) in [5, 5.41) is 10.6. The van der Waals surface area contributed by atoms with Crippen LogP contribution in [0, 0.1) is 12.3 Å². The second-order valence-corrected chi connectivity index (χ2v) is 4.86. The standard InChI is InChI=1S/C13H20N2O2/c1-10-3-5-15-7-11(10)12(16)13(8-14)4-2-6-17-9-13/h3,5,7,12,16H,2,4,6,8-9,14H2,1H3. The maximum Gasteiger partial charge on any atom is 0.0897 e. The van der Waals surface area contributed by atoms with Gasteiger partial charge in [-0.2, -0.15) is 0 Å². The normalized spacial score (nSPS) is 26.8. The first-order valence-corrected chi connectivity index (χ1v) is 6.06. The third kappa shape index (κ3) is 2.34. The molecule has 2 rings (SSSR count). The Morgan fingerprint density at radius 1 is 1.65 bits per heavy atom. The second kappa shape index (κ2) is 5.12. The van der Waals surface area contributed by atoms with Crippen molar-refractivity contribution in [3.63, 3.8) is 0 Å². The highest BCUT2D eigenvalue weighted by atomic mass is 16.5. The molecule has 1 aliphatic heterocycles. The first kappa shape index (κ1) is 12.5. The number of hydrogen-bond acceptors (Lipinski definition) is 4. The lowest BCUT2D eigenvalue weighted by Gasteiger charge is -2.40. The Bertz CT molecular complexity index is 375. The zero-order valence-electron chi connectivity index (χ0n) is 10.2. The van der Waals surface area contributed by atoms with Gasteiger partial charge in [-0.05, 0) is 31.4 Å². The van der Waals surface area contributed by atoms with Crippen LogP contribution in [0.15, 0.2) is 18.5 Å². The number of aliphatic hydroxyl groups excluding tert-OH is 1. The summed E-state index contributed by atoms with van der Waals surface area (Å²) >= 11 is 0. The number of ether oxygens (including phenoxy) is 1. The van der Waals surface area contributed by atoms with Gasteiger partial charge in [-0.1, -0.05) is 0 Å². The zero-order chi connectivity index (χ0) is 12.3. The summed E-state index contributed by atoms with van der Waals surface area (Å²) < 4.78 is 5.50. The molecule has 1 aromatic heterocycles. The maximum absolute atomic E-state index is 10.6. The molecule has 0 saturated carbocycles. The van der Waals surface area contributed by atoms with E-state index in [9.17, 15) is 5.11 Å². The summed E-state index contributed by atoms with van der Waals surface area (Å²) in [5.74, 6) is 0. The first-order chi connectivity index (χ1) is 8.19. The molecule has 1 aromatic rings. The summed E-state index contributed by atoms with van der Waals surface area (Å²) in [7, 11) is 0. The molecular weight excluding hydrogens is 216 g/mol. The van der Waals surface area contributed by atoms with Crippen LogP contribution < -0.4 is 5.73 Å². The summed E-state index contributed by atoms with van der Waals surface area (Å²) in [4.78, 5) is 4.09. The fourth-order valence-corrected chi connectivity index (χ4v) is 2.45. The summed E-state index contributed by atoms with van der Waals surface area (Å²) in [5.41, 5.74) is 7.42. The average Bonchev–Trinajstić information content (AvgIpc) is 2.39. The molecule has 1 saturated heterocycles. The highest BCUT2D eigenvalue weighted by molar-refractivity contribution is 5.26. The van der Waals surface area contributed by atoms with Gasteiger partial charge in [0.15, 0.2) is 0 Å². The van der Waals surface area contributed by atoms with E-state index in [1.165, 1.54) is 0 Å². The van der Waals surface area contributed by atoms with Gasteiger partial charge in [0.25, 0.3) is 0 Å². The first-order valence-electron chi connectivity index (χ1n) is 6.06. The Labute approximate surface area is 102 Å². The van der Waals surface area contributed by atoms with E-state index in [1.54, 1.807) is 12.4 Å². The molecule has 1 aliphatic rings. The molecule has 4 nitrogen and oxygen atoms in total. The quantitative estimate of drug-likeness (QED) is 0.827. The van der Waals surface area contributed by atoms with Gasteiger partial charge < -0.3 is 15.6 Å². The van der Waals surface area contributed by atoms with Crippen LogP contribution in [0.4, 0.5) is 0 Å². The minimum absolute atomic E-state index is 0.355. The Kier molecular flexibility index (Phi) is 3.76. The van der Waals surface area contributed by atoms with Crippen molar-refractivity contribution in [1.82, 2.24) is 4.98 Å². The number of hydrogen-bond donors (Lipinski definition) is 2. The number of aryl methyl sites for hydroxylation is 1. The number of nitrogens with zero attached hydrogens (tertiary/aromatic N) is 1. The van der Waals surface area contributed by atoms with Gasteiger partial charge in [-0.3, -0.25) is 4.98 Å². The highest BCUT2D eigenvalue weighted by Gasteiger charge is 2.40. The Balaban J connectivity index is 2.28. The Morgan fingerprint density at radius 2 is 2.47 bits per heavy atom. The van der Waals surface area contributed by atoms with Crippen molar-refractivity contribution in [2.75, 3.05) is 19.8 Å². The lowest BCUT2D eigenvalue weighted by molar-refractivity contribution is -0.0785. The zero-order valence-corrected chi connectivity index (χ0v) is 10.2. The van der Waals surface area contributed by atoms with Gasteiger partial charge >= 0.3 is 0 Å². The van der Waals surface area contributed by atoms with Crippen molar-refractivity contribution in [3.05, 3.63) is 29.6 Å². The molecule has 3 N–H and O–H groups in total. The van der Waals surface area contributed by atoms with Crippen LogP contribution in [-0.2, 0) is 4.74 Å². The van der Waals surface area contributed by atoms with Crippen molar-refractivity contribution in [2.45, 2.75) is 25.9 Å². The van der Waals surface area contributed by atoms with E-state index >= 15 is 0 Å². The molecule has 94 valence electrons. The van der Waals surface area contributed by atoms with Crippen LogP contribution in [0.25, 0.3) is 0 Å². The number of nitrogens with two attached hydrogens (primary N) is 1. The molecule has 17 heavy (non-hydrogen) atoms. The molecule has 2 atom stereocenters. The van der Waals surface area contributed by atoms with Crippen LogP contribution in [-0.4, -0.2) is 29.8 Å². The van der Waals surface area contributed by atoms with Crippen molar-refractivity contribution in [3.8, 4) is 0 Å². The average molecular weight is 236 g/mol. The smallest absolute Gasteiger partial charge is 0.0897 e. The SMILES string of the molecule is Cc1ccncc1C(O)C1(CN)CCCOC1. The third-order valence-corrected chi connectivity index (χ3v) is 3.71. The van der Waals surface area contributed by atoms with Crippen molar-refractivity contribution >= 4 is 0 Å². The van der Waals surface area contributed by atoms with Crippen molar-refractivity contribution < 1.29 is 9.84 Å². The van der Waals surface area contributed by atoms with Crippen LogP contribution in [0.1, 0.15) is 30.1 Å². The number of pyridine rings is 1. The van der Waals surface area contributed by atoms with Crippen LogP contribution in [0.3, 0.4) is 0 Å². The number of aliphatic hydroxyl groups is 1. The topological polar surface area (TPSA) is 68.4 Å². The van der Waals surface area contributed by atoms with Crippen molar-refractivity contribution in [2.24, 2.45) is 11.1 Å². The molecule has 0 spiro atoms. The summed E-state index contributed by atoms with van der Waals surface area (Å²) in [6.07, 6.45) is 4.72. The Hall–Kier alpha value is -0.970. The monoisotopic (exact) mass is 236 g/mol. The fourth-order valence-electron chi connectivity index (χ4n) is 2.45. The van der Waals surface area contributed by atoms with Crippen LogP contribution >= 0.6 is 0 Å². The maximum atomic E-state index is 10.6. The van der Waals surface area contributed by atoms with Gasteiger partial charge in [0.1, 0.15) is 0 Å². The largest absolute Gasteiger partial charge is 0.388 e. The van der Waals surface area contributed by atoms with E-state index in [4.69, 9.17) is 10.5 Å². The molecule has 0 aliphatic carbocycles. The fraction of sp³-hybridized carbons (Fsp3) is 0.615. The molecule has 4 heteroatoms. The van der Waals surface area contributed by atoms with Gasteiger partial charge in [-0.15, -0.1) is 0 Å². The molecule has 0 aromatic carbocycles. The number of rotatable bonds is 3. The lowest BCUT2D eigenvalue weighted by atomic mass is 9.74. The van der Waals surface area contributed by atoms with E-state index < -0.39 is 6.10 Å². The molecule has 0 amide bonds. The molecule has 1 fully saturated rings. The molecule has 0 bridgehead atoms. The number of aromatic nitrogens is 1. The molecular formula is C13H20N2O2. The van der Waals surface area contributed by atoms with E-state index in [-0.39, 0.29) is 5.41 Å². The van der Waals surface area contributed by atoms with Crippen LogP contribution in [0.5, 0.6) is 0 Å².